The van der Waals surface area contributed by atoms with Crippen LogP contribution in [0.1, 0.15) is 38.3 Å². The summed E-state index contributed by atoms with van der Waals surface area (Å²) in [5, 5.41) is 12.1. The molecule has 0 bridgehead atoms. The van der Waals surface area contributed by atoms with Crippen LogP contribution in [0.15, 0.2) is 18.3 Å². The normalized spacial score (nSPS) is 24.8. The van der Waals surface area contributed by atoms with Gasteiger partial charge in [-0.2, -0.15) is 5.26 Å². The molecule has 3 nitrogen and oxygen atoms in total. The van der Waals surface area contributed by atoms with Crippen LogP contribution in [0, 0.1) is 17.2 Å². The molecule has 2 atom stereocenters. The Morgan fingerprint density at radius 2 is 2.31 bits per heavy atom. The molecule has 16 heavy (non-hydrogen) atoms. The molecule has 2 rings (SSSR count). The molecule has 0 aromatic carbocycles. The first-order valence-electron chi connectivity index (χ1n) is 5.90. The molecule has 0 amide bonds. The van der Waals surface area contributed by atoms with Crippen molar-refractivity contribution in [3.05, 3.63) is 24.0 Å². The van der Waals surface area contributed by atoms with Crippen molar-refractivity contribution in [2.75, 3.05) is 5.32 Å². The summed E-state index contributed by atoms with van der Waals surface area (Å²) in [4.78, 5) is 4.06. The highest BCUT2D eigenvalue weighted by Crippen LogP contribution is 2.25. The Labute approximate surface area is 96.5 Å². The Balaban J connectivity index is 1.95. The van der Waals surface area contributed by atoms with Gasteiger partial charge >= 0.3 is 0 Å². The Kier molecular flexibility index (Phi) is 3.40. The number of hydrogen-bond acceptors (Lipinski definition) is 3. The van der Waals surface area contributed by atoms with Gasteiger partial charge in [-0.15, -0.1) is 0 Å². The van der Waals surface area contributed by atoms with Crippen LogP contribution >= 0.6 is 0 Å². The third-order valence-electron chi connectivity index (χ3n) is 3.19. The number of anilines is 1. The van der Waals surface area contributed by atoms with Crippen LogP contribution < -0.4 is 5.32 Å². The quantitative estimate of drug-likeness (QED) is 0.825. The largest absolute Gasteiger partial charge is 0.381 e. The van der Waals surface area contributed by atoms with Crippen molar-refractivity contribution in [2.45, 2.75) is 38.6 Å². The Morgan fingerprint density at radius 1 is 1.44 bits per heavy atom. The Morgan fingerprint density at radius 3 is 2.94 bits per heavy atom. The van der Waals surface area contributed by atoms with E-state index >= 15 is 0 Å². The predicted octanol–water partition coefficient (Wildman–Crippen LogP) is 2.94. The molecule has 84 valence electrons. The van der Waals surface area contributed by atoms with E-state index < -0.39 is 0 Å². The maximum Gasteiger partial charge on any atom is 0.140 e. The van der Waals surface area contributed by atoms with Crippen molar-refractivity contribution in [1.29, 1.82) is 5.26 Å². The molecule has 0 radical (unpaired) electrons. The van der Waals surface area contributed by atoms with Crippen molar-refractivity contribution in [2.24, 2.45) is 5.92 Å². The van der Waals surface area contributed by atoms with E-state index in [9.17, 15) is 0 Å². The third-order valence-corrected chi connectivity index (χ3v) is 3.19. The summed E-state index contributed by atoms with van der Waals surface area (Å²) in [6.45, 7) is 2.31. The zero-order valence-electron chi connectivity index (χ0n) is 9.61. The van der Waals surface area contributed by atoms with Gasteiger partial charge in [0.25, 0.3) is 0 Å². The first kappa shape index (κ1) is 10.9. The Bertz CT molecular complexity index is 377. The lowest BCUT2D eigenvalue weighted by Gasteiger charge is -2.28. The smallest absolute Gasteiger partial charge is 0.140 e. The van der Waals surface area contributed by atoms with Crippen molar-refractivity contribution in [3.63, 3.8) is 0 Å². The van der Waals surface area contributed by atoms with Gasteiger partial charge in [-0.05, 0) is 30.9 Å². The molecule has 1 aliphatic rings. The second kappa shape index (κ2) is 4.98. The highest BCUT2D eigenvalue weighted by Gasteiger charge is 2.18. The first-order chi connectivity index (χ1) is 7.78. The van der Waals surface area contributed by atoms with Crippen molar-refractivity contribution in [1.82, 2.24) is 4.98 Å². The SMILES string of the molecule is CC1CCCC(Nc2ccc(C#N)nc2)C1. The van der Waals surface area contributed by atoms with Gasteiger partial charge in [-0.1, -0.05) is 19.8 Å². The number of nitrogens with one attached hydrogen (secondary N) is 1. The summed E-state index contributed by atoms with van der Waals surface area (Å²) in [7, 11) is 0. The predicted molar refractivity (Wildman–Crippen MR) is 64.0 cm³/mol. The summed E-state index contributed by atoms with van der Waals surface area (Å²) < 4.78 is 0. The van der Waals surface area contributed by atoms with E-state index in [0.717, 1.165) is 11.6 Å². The highest BCUT2D eigenvalue weighted by atomic mass is 14.9. The van der Waals surface area contributed by atoms with E-state index in [0.29, 0.717) is 11.7 Å². The maximum absolute atomic E-state index is 8.65. The molecule has 0 aliphatic heterocycles. The standard InChI is InChI=1S/C13H17N3/c1-10-3-2-4-11(7-10)16-13-6-5-12(8-14)15-9-13/h5-6,9-11,16H,2-4,7H2,1H3. The van der Waals surface area contributed by atoms with Crippen molar-refractivity contribution >= 4 is 5.69 Å². The lowest BCUT2D eigenvalue weighted by atomic mass is 9.87. The van der Waals surface area contributed by atoms with Crippen LogP contribution in [0.5, 0.6) is 0 Å². The molecule has 0 spiro atoms. The topological polar surface area (TPSA) is 48.7 Å². The molecule has 1 aliphatic carbocycles. The van der Waals surface area contributed by atoms with Crippen LogP contribution in [0.2, 0.25) is 0 Å². The molecule has 3 heteroatoms. The molecule has 0 saturated heterocycles. The van der Waals surface area contributed by atoms with Gasteiger partial charge in [-0.25, -0.2) is 4.98 Å². The van der Waals surface area contributed by atoms with Crippen LogP contribution in [0.3, 0.4) is 0 Å². The van der Waals surface area contributed by atoms with Gasteiger partial charge in [0.15, 0.2) is 0 Å². The van der Waals surface area contributed by atoms with E-state index in [-0.39, 0.29) is 0 Å². The second-order valence-electron chi connectivity index (χ2n) is 4.66. The fraction of sp³-hybridized carbons (Fsp3) is 0.538. The summed E-state index contributed by atoms with van der Waals surface area (Å²) in [6, 6.07) is 6.29. The second-order valence-corrected chi connectivity index (χ2v) is 4.66. The number of hydrogen-bond donors (Lipinski definition) is 1. The van der Waals surface area contributed by atoms with Crippen LogP contribution in [0.25, 0.3) is 0 Å². The third kappa shape index (κ3) is 2.73. The number of pyridine rings is 1. The van der Waals surface area contributed by atoms with Crippen molar-refractivity contribution in [3.8, 4) is 6.07 Å². The monoisotopic (exact) mass is 215 g/mol. The molecule has 1 N–H and O–H groups in total. The van der Waals surface area contributed by atoms with Gasteiger partial charge in [0.2, 0.25) is 0 Å². The lowest BCUT2D eigenvalue weighted by Crippen LogP contribution is -2.26. The van der Waals surface area contributed by atoms with Gasteiger partial charge in [0, 0.05) is 6.04 Å². The van der Waals surface area contributed by atoms with E-state index in [4.69, 9.17) is 5.26 Å². The minimum absolute atomic E-state index is 0.475. The molecular formula is C13H17N3. The number of nitrogens with zero attached hydrogens (tertiary/aromatic N) is 2. The number of rotatable bonds is 2. The summed E-state index contributed by atoms with van der Waals surface area (Å²) in [6.07, 6.45) is 6.88. The van der Waals surface area contributed by atoms with Gasteiger partial charge in [0.1, 0.15) is 11.8 Å². The van der Waals surface area contributed by atoms with Gasteiger partial charge in [-0.3, -0.25) is 0 Å². The van der Waals surface area contributed by atoms with Gasteiger partial charge < -0.3 is 5.32 Å². The van der Waals surface area contributed by atoms with Crippen LogP contribution in [-0.2, 0) is 0 Å². The maximum atomic E-state index is 8.65. The summed E-state index contributed by atoms with van der Waals surface area (Å²) in [5.41, 5.74) is 1.50. The number of aromatic nitrogens is 1. The van der Waals surface area contributed by atoms with E-state index in [1.54, 1.807) is 12.3 Å². The molecule has 2 unspecified atom stereocenters. The molecular weight excluding hydrogens is 198 g/mol. The van der Waals surface area contributed by atoms with Gasteiger partial charge in [0.05, 0.1) is 11.9 Å². The minimum atomic E-state index is 0.475. The van der Waals surface area contributed by atoms with Crippen LogP contribution in [0.4, 0.5) is 5.69 Å². The fourth-order valence-electron chi connectivity index (χ4n) is 2.35. The fourth-order valence-corrected chi connectivity index (χ4v) is 2.35. The van der Waals surface area contributed by atoms with E-state index in [1.807, 2.05) is 12.1 Å². The zero-order chi connectivity index (χ0) is 11.4. The minimum Gasteiger partial charge on any atom is -0.381 e. The highest BCUT2D eigenvalue weighted by molar-refractivity contribution is 5.43. The van der Waals surface area contributed by atoms with Crippen molar-refractivity contribution < 1.29 is 0 Å². The summed E-state index contributed by atoms with van der Waals surface area (Å²) >= 11 is 0. The molecule has 1 fully saturated rings. The summed E-state index contributed by atoms with van der Waals surface area (Å²) in [5.74, 6) is 0.817. The average Bonchev–Trinajstić information content (AvgIpc) is 2.30. The molecule has 1 aromatic heterocycles. The Hall–Kier alpha value is -1.56. The molecule has 1 saturated carbocycles. The molecule has 1 heterocycles. The van der Waals surface area contributed by atoms with E-state index in [1.165, 1.54) is 25.7 Å². The first-order valence-corrected chi connectivity index (χ1v) is 5.90. The van der Waals surface area contributed by atoms with E-state index in [2.05, 4.69) is 17.2 Å². The molecule has 1 aromatic rings. The number of nitriles is 1. The lowest BCUT2D eigenvalue weighted by molar-refractivity contribution is 0.358. The average molecular weight is 215 g/mol. The van der Waals surface area contributed by atoms with Crippen LogP contribution in [-0.4, -0.2) is 11.0 Å². The zero-order valence-corrected chi connectivity index (χ0v) is 9.61.